The van der Waals surface area contributed by atoms with E-state index in [1.807, 2.05) is 67.5 Å². The molecule has 0 spiro atoms. The summed E-state index contributed by atoms with van der Waals surface area (Å²) < 4.78 is 12.7. The first kappa shape index (κ1) is 17.8. The fourth-order valence-corrected chi connectivity index (χ4v) is 3.89. The maximum atomic E-state index is 13.3. The van der Waals surface area contributed by atoms with Crippen LogP contribution in [0.4, 0.5) is 5.13 Å². The minimum Gasteiger partial charge on any atom is -0.485 e. The molecule has 0 radical (unpaired) electrons. The molecule has 1 aromatic heterocycles. The summed E-state index contributed by atoms with van der Waals surface area (Å²) in [5.74, 6) is 1.13. The van der Waals surface area contributed by atoms with Crippen molar-refractivity contribution in [2.45, 2.75) is 6.10 Å². The number of fused-ring (bicyclic) bond motifs is 2. The normalized spacial score (nSPS) is 15.9. The molecule has 1 aliphatic heterocycles. The second-order valence-electron chi connectivity index (χ2n) is 6.62. The molecule has 140 valence electrons. The van der Waals surface area contributed by atoms with Crippen molar-refractivity contribution in [1.82, 2.24) is 9.88 Å². The van der Waals surface area contributed by atoms with Gasteiger partial charge in [-0.2, -0.15) is 0 Å². The minimum absolute atomic E-state index is 0.134. The lowest BCUT2D eigenvalue weighted by Gasteiger charge is -2.30. The third-order valence-electron chi connectivity index (χ3n) is 4.33. The molecule has 3 aromatic rings. The van der Waals surface area contributed by atoms with E-state index in [-0.39, 0.29) is 12.5 Å². The number of aromatic nitrogens is 1. The van der Waals surface area contributed by atoms with Gasteiger partial charge in [0.25, 0.3) is 5.91 Å². The van der Waals surface area contributed by atoms with Crippen molar-refractivity contribution in [3.63, 3.8) is 0 Å². The van der Waals surface area contributed by atoms with Crippen LogP contribution in [0.5, 0.6) is 11.5 Å². The maximum absolute atomic E-state index is 13.3. The fourth-order valence-electron chi connectivity index (χ4n) is 2.89. The van der Waals surface area contributed by atoms with Gasteiger partial charge in [-0.15, -0.1) is 0 Å². The second kappa shape index (κ2) is 7.54. The number of carbonyl (C=O) groups is 1. The van der Waals surface area contributed by atoms with Crippen LogP contribution in [0.1, 0.15) is 0 Å². The van der Waals surface area contributed by atoms with Crippen molar-refractivity contribution in [2.24, 2.45) is 0 Å². The van der Waals surface area contributed by atoms with E-state index < -0.39 is 6.10 Å². The molecule has 7 heteroatoms. The van der Waals surface area contributed by atoms with Crippen LogP contribution in [0, 0.1) is 0 Å². The summed E-state index contributed by atoms with van der Waals surface area (Å²) in [6.07, 6.45) is -0.686. The number of hydrogen-bond acceptors (Lipinski definition) is 6. The summed E-state index contributed by atoms with van der Waals surface area (Å²) in [6, 6.07) is 15.3. The number of anilines is 1. The number of ether oxygens (including phenoxy) is 2. The van der Waals surface area contributed by atoms with Crippen LogP contribution in [0.15, 0.2) is 48.5 Å². The summed E-state index contributed by atoms with van der Waals surface area (Å²) in [4.78, 5) is 21.7. The van der Waals surface area contributed by atoms with E-state index in [2.05, 4.69) is 4.98 Å². The molecule has 1 amide bonds. The van der Waals surface area contributed by atoms with Gasteiger partial charge in [0.2, 0.25) is 6.10 Å². The first-order valence-corrected chi connectivity index (χ1v) is 9.63. The molecule has 1 unspecified atom stereocenters. The summed E-state index contributed by atoms with van der Waals surface area (Å²) in [6.45, 7) is 1.46. The molecule has 4 rings (SSSR count). The Morgan fingerprint density at radius 1 is 1.11 bits per heavy atom. The van der Waals surface area contributed by atoms with Crippen LogP contribution in [-0.4, -0.2) is 55.7 Å². The number of benzene rings is 2. The van der Waals surface area contributed by atoms with Crippen molar-refractivity contribution in [2.75, 3.05) is 38.7 Å². The highest BCUT2D eigenvalue weighted by atomic mass is 32.1. The van der Waals surface area contributed by atoms with Gasteiger partial charge in [-0.05, 0) is 38.4 Å². The molecule has 2 heterocycles. The molecule has 1 atom stereocenters. The molecule has 0 saturated carbocycles. The third-order valence-corrected chi connectivity index (χ3v) is 5.39. The topological polar surface area (TPSA) is 54.9 Å². The van der Waals surface area contributed by atoms with Crippen molar-refractivity contribution >= 4 is 32.6 Å². The Hall–Kier alpha value is -2.64. The standard InChI is InChI=1S/C20H21N3O3S/c1-22(2)11-12-23(20-21-14-7-3-6-10-18(14)27-20)19(24)17-13-25-15-8-4-5-9-16(15)26-17/h3-10,17H,11-13H2,1-2H3. The van der Waals surface area contributed by atoms with Crippen LogP contribution < -0.4 is 14.4 Å². The summed E-state index contributed by atoms with van der Waals surface area (Å²) in [5.41, 5.74) is 0.895. The van der Waals surface area contributed by atoms with Gasteiger partial charge >= 0.3 is 0 Å². The van der Waals surface area contributed by atoms with Crippen molar-refractivity contribution < 1.29 is 14.3 Å². The van der Waals surface area contributed by atoms with Gasteiger partial charge in [0.05, 0.1) is 10.2 Å². The van der Waals surface area contributed by atoms with E-state index in [9.17, 15) is 4.79 Å². The Morgan fingerprint density at radius 2 is 1.85 bits per heavy atom. The van der Waals surface area contributed by atoms with Gasteiger partial charge in [0, 0.05) is 13.1 Å². The molecule has 0 aliphatic carbocycles. The number of likely N-dealkylation sites (N-methyl/N-ethyl adjacent to an activating group) is 1. The first-order valence-electron chi connectivity index (χ1n) is 8.82. The van der Waals surface area contributed by atoms with E-state index in [0.717, 1.165) is 16.8 Å². The predicted octanol–water partition coefficient (Wildman–Crippen LogP) is 3.03. The molecule has 1 aliphatic rings. The van der Waals surface area contributed by atoms with Gasteiger partial charge in [-0.1, -0.05) is 35.6 Å². The van der Waals surface area contributed by atoms with Gasteiger partial charge < -0.3 is 14.4 Å². The lowest BCUT2D eigenvalue weighted by atomic mass is 10.2. The Balaban J connectivity index is 1.61. The number of rotatable bonds is 5. The van der Waals surface area contributed by atoms with E-state index in [1.54, 1.807) is 4.90 Å². The van der Waals surface area contributed by atoms with Gasteiger partial charge in [-0.3, -0.25) is 9.69 Å². The highest BCUT2D eigenvalue weighted by Gasteiger charge is 2.33. The quantitative estimate of drug-likeness (QED) is 0.678. The summed E-state index contributed by atoms with van der Waals surface area (Å²) in [5, 5.41) is 0.686. The van der Waals surface area contributed by atoms with Crippen LogP contribution in [-0.2, 0) is 4.79 Å². The largest absolute Gasteiger partial charge is 0.485 e. The lowest BCUT2D eigenvalue weighted by Crippen LogP contribution is -2.48. The third kappa shape index (κ3) is 3.74. The lowest BCUT2D eigenvalue weighted by molar-refractivity contribution is -0.127. The Labute approximate surface area is 161 Å². The number of para-hydroxylation sites is 3. The molecule has 27 heavy (non-hydrogen) atoms. The minimum atomic E-state index is -0.686. The smallest absolute Gasteiger partial charge is 0.273 e. The van der Waals surface area contributed by atoms with Crippen molar-refractivity contribution in [3.05, 3.63) is 48.5 Å². The average Bonchev–Trinajstić information content (AvgIpc) is 3.11. The van der Waals surface area contributed by atoms with Gasteiger partial charge in [-0.25, -0.2) is 4.98 Å². The zero-order chi connectivity index (χ0) is 18.8. The Bertz CT molecular complexity index is 923. The summed E-state index contributed by atoms with van der Waals surface area (Å²) in [7, 11) is 3.97. The number of nitrogens with zero attached hydrogens (tertiary/aromatic N) is 3. The van der Waals surface area contributed by atoms with Crippen molar-refractivity contribution in [3.8, 4) is 11.5 Å². The molecule has 0 bridgehead atoms. The SMILES string of the molecule is CN(C)CCN(C(=O)C1COc2ccccc2O1)c1nc2ccccc2s1. The van der Waals surface area contributed by atoms with Gasteiger partial charge in [0.15, 0.2) is 16.6 Å². The molecular formula is C20H21N3O3S. The number of carbonyl (C=O) groups excluding carboxylic acids is 1. The number of thiazole rings is 1. The molecule has 6 nitrogen and oxygen atoms in total. The molecule has 0 N–H and O–H groups in total. The summed E-state index contributed by atoms with van der Waals surface area (Å²) >= 11 is 1.51. The van der Waals surface area contributed by atoms with Crippen molar-refractivity contribution in [1.29, 1.82) is 0 Å². The highest BCUT2D eigenvalue weighted by molar-refractivity contribution is 7.22. The van der Waals surface area contributed by atoms with E-state index in [0.29, 0.717) is 23.2 Å². The predicted molar refractivity (Wildman–Crippen MR) is 107 cm³/mol. The maximum Gasteiger partial charge on any atom is 0.273 e. The molecular weight excluding hydrogens is 362 g/mol. The van der Waals surface area contributed by atoms with E-state index >= 15 is 0 Å². The molecule has 0 saturated heterocycles. The fraction of sp³-hybridized carbons (Fsp3) is 0.300. The second-order valence-corrected chi connectivity index (χ2v) is 7.63. The molecule has 0 fully saturated rings. The first-order chi connectivity index (χ1) is 13.1. The van der Waals surface area contributed by atoms with Gasteiger partial charge in [0.1, 0.15) is 6.61 Å². The number of amides is 1. The van der Waals surface area contributed by atoms with E-state index in [1.165, 1.54) is 11.3 Å². The zero-order valence-electron chi connectivity index (χ0n) is 15.3. The van der Waals surface area contributed by atoms with Crippen LogP contribution in [0.3, 0.4) is 0 Å². The molecule has 2 aromatic carbocycles. The van der Waals surface area contributed by atoms with Crippen LogP contribution in [0.25, 0.3) is 10.2 Å². The average molecular weight is 383 g/mol. The monoisotopic (exact) mass is 383 g/mol. The van der Waals surface area contributed by atoms with E-state index in [4.69, 9.17) is 9.47 Å². The highest BCUT2D eigenvalue weighted by Crippen LogP contribution is 2.33. The zero-order valence-corrected chi connectivity index (χ0v) is 16.1. The Kier molecular flexibility index (Phi) is 4.96. The Morgan fingerprint density at radius 3 is 2.63 bits per heavy atom. The van der Waals surface area contributed by atoms with Crippen LogP contribution >= 0.6 is 11.3 Å². The van der Waals surface area contributed by atoms with Crippen LogP contribution in [0.2, 0.25) is 0 Å². The number of hydrogen-bond donors (Lipinski definition) is 0.